The Morgan fingerprint density at radius 2 is 1.70 bits per heavy atom. The van der Waals surface area contributed by atoms with E-state index in [1.165, 1.54) is 0 Å². The van der Waals surface area contributed by atoms with Crippen LogP contribution in [0.4, 0.5) is 4.79 Å². The molecule has 0 spiro atoms. The normalized spacial score (nSPS) is 18.9. The maximum Gasteiger partial charge on any atom is 0.410 e. The molecule has 1 aliphatic rings. The Morgan fingerprint density at radius 1 is 1.15 bits per heavy atom. The van der Waals surface area contributed by atoms with E-state index < -0.39 is 17.0 Å². The Bertz CT molecular complexity index is 602. The molecule has 0 radical (unpaired) electrons. The van der Waals surface area contributed by atoms with E-state index in [9.17, 15) is 9.35 Å². The van der Waals surface area contributed by atoms with Crippen molar-refractivity contribution < 1.29 is 14.1 Å². The monoisotopic (exact) mass is 394 g/mol. The lowest BCUT2D eigenvalue weighted by Crippen LogP contribution is -2.47. The SMILES string of the molecule is CC(C)(C)OC(=O)N1CCC(C(N[S@@+]([O-])C(C)(C)C)c2ccccc2)CC1. The zero-order chi connectivity index (χ0) is 20.2. The molecule has 1 amide bonds. The predicted molar refractivity (Wildman–Crippen MR) is 111 cm³/mol. The van der Waals surface area contributed by atoms with Gasteiger partial charge in [-0.1, -0.05) is 30.3 Å². The predicted octanol–water partition coefficient (Wildman–Crippen LogP) is 4.43. The number of benzene rings is 1. The number of likely N-dealkylation sites (tertiary alicyclic amines) is 1. The summed E-state index contributed by atoms with van der Waals surface area (Å²) in [5, 5.41) is 0. The molecule has 0 saturated carbocycles. The van der Waals surface area contributed by atoms with Gasteiger partial charge < -0.3 is 14.2 Å². The van der Waals surface area contributed by atoms with Gasteiger partial charge in [0.25, 0.3) is 0 Å². The van der Waals surface area contributed by atoms with Crippen molar-refractivity contribution in [2.24, 2.45) is 5.92 Å². The van der Waals surface area contributed by atoms with Crippen molar-refractivity contribution in [1.82, 2.24) is 9.62 Å². The number of ether oxygens (including phenoxy) is 1. The van der Waals surface area contributed by atoms with Crippen LogP contribution in [0.3, 0.4) is 0 Å². The van der Waals surface area contributed by atoms with Crippen molar-refractivity contribution in [2.45, 2.75) is 70.8 Å². The number of hydrogen-bond donors (Lipinski definition) is 1. The molecule has 1 aromatic carbocycles. The van der Waals surface area contributed by atoms with E-state index in [1.54, 1.807) is 4.90 Å². The van der Waals surface area contributed by atoms with Crippen LogP contribution in [0.25, 0.3) is 0 Å². The van der Waals surface area contributed by atoms with Gasteiger partial charge in [0.1, 0.15) is 10.3 Å². The van der Waals surface area contributed by atoms with E-state index in [2.05, 4.69) is 16.9 Å². The quantitative estimate of drug-likeness (QED) is 0.768. The number of nitrogens with one attached hydrogen (secondary N) is 1. The summed E-state index contributed by atoms with van der Waals surface area (Å²) in [4.78, 5) is 14.1. The molecule has 1 heterocycles. The van der Waals surface area contributed by atoms with E-state index in [4.69, 9.17) is 4.74 Å². The number of hydrogen-bond acceptors (Lipinski definition) is 4. The topological polar surface area (TPSA) is 64.6 Å². The minimum atomic E-state index is -1.16. The van der Waals surface area contributed by atoms with Gasteiger partial charge in [0.05, 0.1) is 6.04 Å². The Balaban J connectivity index is 2.06. The lowest BCUT2D eigenvalue weighted by molar-refractivity contribution is 0.0172. The van der Waals surface area contributed by atoms with E-state index in [0.29, 0.717) is 19.0 Å². The highest BCUT2D eigenvalue weighted by atomic mass is 32.2. The van der Waals surface area contributed by atoms with Crippen LogP contribution < -0.4 is 4.72 Å². The first kappa shape index (κ1) is 22.1. The molecule has 2 atom stereocenters. The van der Waals surface area contributed by atoms with Crippen molar-refractivity contribution in [3.8, 4) is 0 Å². The zero-order valence-electron chi connectivity index (χ0n) is 17.5. The summed E-state index contributed by atoms with van der Waals surface area (Å²) in [6.45, 7) is 12.9. The van der Waals surface area contributed by atoms with Gasteiger partial charge in [0.2, 0.25) is 0 Å². The Kier molecular flexibility index (Phi) is 7.22. The molecule has 1 saturated heterocycles. The van der Waals surface area contributed by atoms with Crippen molar-refractivity contribution in [3.05, 3.63) is 35.9 Å². The summed E-state index contributed by atoms with van der Waals surface area (Å²) in [6.07, 6.45) is 1.46. The average Bonchev–Trinajstić information content (AvgIpc) is 2.58. The molecule has 27 heavy (non-hydrogen) atoms. The van der Waals surface area contributed by atoms with Gasteiger partial charge in [-0.05, 0) is 65.9 Å². The van der Waals surface area contributed by atoms with Crippen LogP contribution in [0, 0.1) is 5.92 Å². The molecule has 2 rings (SSSR count). The van der Waals surface area contributed by atoms with Gasteiger partial charge in [-0.3, -0.25) is 0 Å². The van der Waals surface area contributed by atoms with Crippen molar-refractivity contribution >= 4 is 17.5 Å². The second-order valence-corrected chi connectivity index (χ2v) is 11.2. The molecule has 1 N–H and O–H groups in total. The molecule has 1 aliphatic heterocycles. The van der Waals surface area contributed by atoms with E-state index in [-0.39, 0.29) is 16.9 Å². The first-order chi connectivity index (χ1) is 12.5. The number of carbonyl (C=O) groups is 1. The summed E-state index contributed by atoms with van der Waals surface area (Å²) in [5.74, 6) is 0.317. The third-order valence-electron chi connectivity index (χ3n) is 4.61. The Morgan fingerprint density at radius 3 is 2.19 bits per heavy atom. The second kappa shape index (κ2) is 8.84. The van der Waals surface area contributed by atoms with Crippen LogP contribution >= 0.6 is 0 Å². The summed E-state index contributed by atoms with van der Waals surface area (Å²) in [6, 6.07) is 10.2. The van der Waals surface area contributed by atoms with Crippen LogP contribution in [0.1, 0.15) is 66.0 Å². The lowest BCUT2D eigenvalue weighted by atomic mass is 9.86. The van der Waals surface area contributed by atoms with E-state index in [0.717, 1.165) is 18.4 Å². The fourth-order valence-corrected chi connectivity index (χ4v) is 4.04. The lowest BCUT2D eigenvalue weighted by Gasteiger charge is -2.38. The van der Waals surface area contributed by atoms with Crippen molar-refractivity contribution in [2.75, 3.05) is 13.1 Å². The molecule has 1 aromatic rings. The van der Waals surface area contributed by atoms with Crippen LogP contribution in [-0.4, -0.2) is 39.0 Å². The number of carbonyl (C=O) groups excluding carboxylic acids is 1. The van der Waals surface area contributed by atoms with Crippen LogP contribution in [0.15, 0.2) is 30.3 Å². The van der Waals surface area contributed by atoms with E-state index >= 15 is 0 Å². The molecule has 0 aliphatic carbocycles. The highest BCUT2D eigenvalue weighted by Gasteiger charge is 2.36. The molecule has 5 nitrogen and oxygen atoms in total. The van der Waals surface area contributed by atoms with Crippen molar-refractivity contribution in [3.63, 3.8) is 0 Å². The molecule has 1 fully saturated rings. The highest BCUT2D eigenvalue weighted by molar-refractivity contribution is 7.90. The number of rotatable bonds is 4. The van der Waals surface area contributed by atoms with Gasteiger partial charge in [-0.15, -0.1) is 4.72 Å². The first-order valence-corrected chi connectivity index (χ1v) is 10.8. The molecule has 152 valence electrons. The molecule has 6 heteroatoms. The standard InChI is InChI=1S/C21H34N2O3S/c1-20(2,3)26-19(24)23-14-12-17(13-15-23)18(16-10-8-7-9-11-16)22-27(25)21(4,5)6/h7-11,17-18,22H,12-15H2,1-6H3/t18?,27-/m0/s1. The number of nitrogens with zero attached hydrogens (tertiary/aromatic N) is 1. The van der Waals surface area contributed by atoms with Gasteiger partial charge >= 0.3 is 6.09 Å². The minimum absolute atomic E-state index is 0.00652. The minimum Gasteiger partial charge on any atom is -0.598 e. The number of amides is 1. The summed E-state index contributed by atoms with van der Waals surface area (Å²) in [5.41, 5.74) is 0.664. The fraction of sp³-hybridized carbons (Fsp3) is 0.667. The highest BCUT2D eigenvalue weighted by Crippen LogP contribution is 2.33. The zero-order valence-corrected chi connectivity index (χ0v) is 18.3. The molecular weight excluding hydrogens is 360 g/mol. The summed E-state index contributed by atoms with van der Waals surface area (Å²) < 4.78 is 21.3. The third kappa shape index (κ3) is 6.70. The van der Waals surface area contributed by atoms with Gasteiger partial charge in [-0.25, -0.2) is 4.79 Å². The van der Waals surface area contributed by atoms with Gasteiger partial charge in [0.15, 0.2) is 0 Å². The Labute approximate surface area is 167 Å². The average molecular weight is 395 g/mol. The van der Waals surface area contributed by atoms with Gasteiger partial charge in [-0.2, -0.15) is 0 Å². The smallest absolute Gasteiger partial charge is 0.410 e. The van der Waals surface area contributed by atoms with E-state index in [1.807, 2.05) is 59.7 Å². The largest absolute Gasteiger partial charge is 0.598 e. The Hall–Kier alpha value is -1.24. The van der Waals surface area contributed by atoms with Crippen LogP contribution in [0.5, 0.6) is 0 Å². The van der Waals surface area contributed by atoms with Crippen LogP contribution in [-0.2, 0) is 16.1 Å². The molecular formula is C21H34N2O3S. The summed E-state index contributed by atoms with van der Waals surface area (Å²) >= 11 is -1.16. The molecule has 1 unspecified atom stereocenters. The third-order valence-corrected chi connectivity index (χ3v) is 6.19. The number of piperidine rings is 1. The van der Waals surface area contributed by atoms with Crippen molar-refractivity contribution in [1.29, 1.82) is 0 Å². The summed E-state index contributed by atoms with van der Waals surface area (Å²) in [7, 11) is 0. The van der Waals surface area contributed by atoms with Gasteiger partial charge in [0, 0.05) is 24.5 Å². The molecule has 0 aromatic heterocycles. The maximum atomic E-state index is 12.7. The second-order valence-electron chi connectivity index (χ2n) is 9.19. The first-order valence-electron chi connectivity index (χ1n) is 9.68. The van der Waals surface area contributed by atoms with Crippen LogP contribution in [0.2, 0.25) is 0 Å². The molecule has 0 bridgehead atoms. The fourth-order valence-electron chi connectivity index (χ4n) is 3.13. The maximum absolute atomic E-state index is 12.7.